The van der Waals surface area contributed by atoms with Crippen molar-refractivity contribution in [3.8, 4) is 11.4 Å². The molecule has 8 heteroatoms. The molecule has 0 aliphatic rings. The van der Waals surface area contributed by atoms with Crippen LogP contribution in [0.5, 0.6) is 0 Å². The van der Waals surface area contributed by atoms with Crippen molar-refractivity contribution in [3.05, 3.63) is 71.0 Å². The molecule has 26 heavy (non-hydrogen) atoms. The van der Waals surface area contributed by atoms with Crippen LogP contribution in [0, 0.1) is 0 Å². The van der Waals surface area contributed by atoms with Crippen molar-refractivity contribution in [2.24, 2.45) is 4.99 Å². The zero-order valence-electron chi connectivity index (χ0n) is 14.2. The van der Waals surface area contributed by atoms with Crippen molar-refractivity contribution in [1.29, 1.82) is 0 Å². The standard InChI is InChI=1S/C18H19ClN6.HI/c1-20-18(22-11-15-6-2-3-8-16(15)19)21-10-13-5-4-7-14(9-13)17-23-12-24-25-17;/h2-9,12H,10-11H2,1H3,(H2,20,21,22)(H,23,24,25);1H. The number of aliphatic imine (C=N–C) groups is 1. The van der Waals surface area contributed by atoms with E-state index in [1.807, 2.05) is 42.5 Å². The second-order valence-corrected chi connectivity index (χ2v) is 5.81. The summed E-state index contributed by atoms with van der Waals surface area (Å²) in [6.45, 7) is 1.25. The number of hydrogen-bond acceptors (Lipinski definition) is 3. The number of hydrogen-bond donors (Lipinski definition) is 3. The number of H-pyrrole nitrogens is 1. The van der Waals surface area contributed by atoms with Gasteiger partial charge >= 0.3 is 0 Å². The van der Waals surface area contributed by atoms with Gasteiger partial charge in [-0.2, -0.15) is 5.10 Å². The van der Waals surface area contributed by atoms with E-state index in [0.717, 1.165) is 27.5 Å². The molecular weight excluding hydrogens is 463 g/mol. The Bertz CT molecular complexity index is 850. The van der Waals surface area contributed by atoms with E-state index in [9.17, 15) is 0 Å². The van der Waals surface area contributed by atoms with Crippen molar-refractivity contribution < 1.29 is 0 Å². The highest BCUT2D eigenvalue weighted by atomic mass is 127. The predicted octanol–water partition coefficient (Wildman–Crippen LogP) is 3.61. The first kappa shape index (κ1) is 20.2. The van der Waals surface area contributed by atoms with E-state index in [-0.39, 0.29) is 24.0 Å². The van der Waals surface area contributed by atoms with Crippen LogP contribution in [0.1, 0.15) is 11.1 Å². The van der Waals surface area contributed by atoms with Crippen LogP contribution in [0.3, 0.4) is 0 Å². The summed E-state index contributed by atoms with van der Waals surface area (Å²) in [6.07, 6.45) is 1.50. The minimum atomic E-state index is 0. The van der Waals surface area contributed by atoms with Gasteiger partial charge < -0.3 is 10.6 Å². The lowest BCUT2D eigenvalue weighted by atomic mass is 10.1. The van der Waals surface area contributed by atoms with Crippen LogP contribution in [-0.2, 0) is 13.1 Å². The molecule has 0 saturated heterocycles. The topological polar surface area (TPSA) is 78.0 Å². The molecule has 0 aliphatic heterocycles. The highest BCUT2D eigenvalue weighted by molar-refractivity contribution is 14.0. The molecule has 3 rings (SSSR count). The largest absolute Gasteiger partial charge is 0.352 e. The quantitative estimate of drug-likeness (QED) is 0.295. The van der Waals surface area contributed by atoms with Gasteiger partial charge in [0.1, 0.15) is 6.33 Å². The molecule has 0 radical (unpaired) electrons. The average molecular weight is 483 g/mol. The van der Waals surface area contributed by atoms with Crippen LogP contribution >= 0.6 is 35.6 Å². The lowest BCUT2D eigenvalue weighted by Crippen LogP contribution is -2.36. The molecule has 6 nitrogen and oxygen atoms in total. The van der Waals surface area contributed by atoms with Gasteiger partial charge in [-0.25, -0.2) is 4.98 Å². The number of halogens is 2. The van der Waals surface area contributed by atoms with Gasteiger partial charge in [0.15, 0.2) is 11.8 Å². The normalized spacial score (nSPS) is 10.9. The number of aromatic nitrogens is 3. The fraction of sp³-hybridized carbons (Fsp3) is 0.167. The van der Waals surface area contributed by atoms with Gasteiger partial charge in [0.05, 0.1) is 0 Å². The zero-order chi connectivity index (χ0) is 17.5. The fourth-order valence-corrected chi connectivity index (χ4v) is 2.60. The molecule has 0 amide bonds. The SMILES string of the molecule is CN=C(NCc1cccc(-c2ncn[nH]2)c1)NCc1ccccc1Cl.I. The molecule has 0 saturated carbocycles. The maximum absolute atomic E-state index is 6.18. The van der Waals surface area contributed by atoms with E-state index in [0.29, 0.717) is 19.0 Å². The van der Waals surface area contributed by atoms with E-state index in [2.05, 4.69) is 36.9 Å². The van der Waals surface area contributed by atoms with Crippen LogP contribution in [0.15, 0.2) is 59.9 Å². The number of rotatable bonds is 5. The number of nitrogens with zero attached hydrogens (tertiary/aromatic N) is 3. The van der Waals surface area contributed by atoms with Crippen molar-refractivity contribution in [3.63, 3.8) is 0 Å². The van der Waals surface area contributed by atoms with Gasteiger partial charge in [0, 0.05) is 30.7 Å². The molecule has 2 aromatic carbocycles. The summed E-state index contributed by atoms with van der Waals surface area (Å²) in [4.78, 5) is 8.42. The number of aromatic amines is 1. The first-order valence-corrected chi connectivity index (χ1v) is 8.26. The molecule has 3 N–H and O–H groups in total. The molecule has 3 aromatic rings. The second kappa shape index (κ2) is 10.1. The monoisotopic (exact) mass is 482 g/mol. The Balaban J connectivity index is 0.00000243. The summed E-state index contributed by atoms with van der Waals surface area (Å²) in [6, 6.07) is 15.9. The molecule has 1 aromatic heterocycles. The number of nitrogens with one attached hydrogen (secondary N) is 3. The first-order chi connectivity index (χ1) is 12.3. The third kappa shape index (κ3) is 5.43. The Hall–Kier alpha value is -2.13. The van der Waals surface area contributed by atoms with Crippen LogP contribution in [0.25, 0.3) is 11.4 Å². The predicted molar refractivity (Wildman–Crippen MR) is 116 cm³/mol. The highest BCUT2D eigenvalue weighted by Gasteiger charge is 2.04. The number of guanidine groups is 1. The summed E-state index contributed by atoms with van der Waals surface area (Å²) in [7, 11) is 1.74. The molecule has 0 spiro atoms. The second-order valence-electron chi connectivity index (χ2n) is 5.41. The van der Waals surface area contributed by atoms with E-state index >= 15 is 0 Å². The summed E-state index contributed by atoms with van der Waals surface area (Å²) in [5.74, 6) is 1.47. The molecule has 0 unspecified atom stereocenters. The van der Waals surface area contributed by atoms with Gasteiger partial charge in [-0.1, -0.05) is 48.0 Å². The highest BCUT2D eigenvalue weighted by Crippen LogP contribution is 2.16. The van der Waals surface area contributed by atoms with Crippen LogP contribution in [0.2, 0.25) is 5.02 Å². The van der Waals surface area contributed by atoms with Crippen LogP contribution < -0.4 is 10.6 Å². The molecular formula is C18H20ClIN6. The Morgan fingerprint density at radius 3 is 2.65 bits per heavy atom. The molecule has 1 heterocycles. The van der Waals surface area contributed by atoms with Gasteiger partial charge in [0.25, 0.3) is 0 Å². The maximum atomic E-state index is 6.18. The van der Waals surface area contributed by atoms with Crippen molar-refractivity contribution in [2.45, 2.75) is 13.1 Å². The summed E-state index contributed by atoms with van der Waals surface area (Å²) < 4.78 is 0. The summed E-state index contributed by atoms with van der Waals surface area (Å²) in [5, 5.41) is 14.1. The third-order valence-electron chi connectivity index (χ3n) is 3.70. The summed E-state index contributed by atoms with van der Waals surface area (Å²) >= 11 is 6.18. The third-order valence-corrected chi connectivity index (χ3v) is 4.07. The molecule has 0 fully saturated rings. The summed E-state index contributed by atoms with van der Waals surface area (Å²) in [5.41, 5.74) is 3.14. The minimum Gasteiger partial charge on any atom is -0.352 e. The van der Waals surface area contributed by atoms with Crippen molar-refractivity contribution in [2.75, 3.05) is 7.05 Å². The van der Waals surface area contributed by atoms with Crippen molar-refractivity contribution >= 4 is 41.5 Å². The Morgan fingerprint density at radius 1 is 1.12 bits per heavy atom. The maximum Gasteiger partial charge on any atom is 0.191 e. The molecule has 0 atom stereocenters. The van der Waals surface area contributed by atoms with Crippen LogP contribution in [-0.4, -0.2) is 28.2 Å². The number of benzene rings is 2. The Labute approximate surface area is 174 Å². The van der Waals surface area contributed by atoms with Crippen molar-refractivity contribution in [1.82, 2.24) is 25.8 Å². The Morgan fingerprint density at radius 2 is 1.92 bits per heavy atom. The Kier molecular flexibility index (Phi) is 7.86. The van der Waals surface area contributed by atoms with Gasteiger partial charge in [-0.3, -0.25) is 10.1 Å². The first-order valence-electron chi connectivity index (χ1n) is 7.89. The van der Waals surface area contributed by atoms with Gasteiger partial charge in [-0.15, -0.1) is 24.0 Å². The van der Waals surface area contributed by atoms with E-state index in [1.54, 1.807) is 7.05 Å². The van der Waals surface area contributed by atoms with E-state index in [1.165, 1.54) is 6.33 Å². The van der Waals surface area contributed by atoms with Gasteiger partial charge in [0.2, 0.25) is 0 Å². The van der Waals surface area contributed by atoms with Crippen LogP contribution in [0.4, 0.5) is 0 Å². The average Bonchev–Trinajstić information content (AvgIpc) is 3.18. The fourth-order valence-electron chi connectivity index (χ4n) is 2.40. The van der Waals surface area contributed by atoms with Gasteiger partial charge in [-0.05, 0) is 23.3 Å². The van der Waals surface area contributed by atoms with E-state index < -0.39 is 0 Å². The smallest absolute Gasteiger partial charge is 0.191 e. The molecule has 136 valence electrons. The molecule has 0 aliphatic carbocycles. The lowest BCUT2D eigenvalue weighted by molar-refractivity contribution is 0.809. The zero-order valence-corrected chi connectivity index (χ0v) is 17.3. The molecule has 0 bridgehead atoms. The minimum absolute atomic E-state index is 0. The van der Waals surface area contributed by atoms with E-state index in [4.69, 9.17) is 11.6 Å². The lowest BCUT2D eigenvalue weighted by Gasteiger charge is -2.13.